The maximum atomic E-state index is 11.1. The Morgan fingerprint density at radius 3 is 1.71 bits per heavy atom. The summed E-state index contributed by atoms with van der Waals surface area (Å²) in [5.74, 6) is -1.12. The van der Waals surface area contributed by atoms with E-state index in [-0.39, 0.29) is 5.92 Å². The van der Waals surface area contributed by atoms with Crippen LogP contribution >= 0.6 is 0 Å². The van der Waals surface area contributed by atoms with Crippen LogP contribution in [-0.4, -0.2) is 97.0 Å². The Bertz CT molecular complexity index is 536. The molecule has 204 valence electrons. The third-order valence-corrected chi connectivity index (χ3v) is 16.2. The molecule has 0 heterocycles. The van der Waals surface area contributed by atoms with E-state index in [9.17, 15) is 4.79 Å². The van der Waals surface area contributed by atoms with Gasteiger partial charge in [-0.2, -0.15) is 0 Å². The zero-order valence-electron chi connectivity index (χ0n) is 22.8. The van der Waals surface area contributed by atoms with Crippen LogP contribution in [0.2, 0.25) is 44.8 Å². The summed E-state index contributed by atoms with van der Waals surface area (Å²) in [6, 6.07) is 1.57. The van der Waals surface area contributed by atoms with Gasteiger partial charge in [-0.1, -0.05) is 13.3 Å². The van der Waals surface area contributed by atoms with Crippen molar-refractivity contribution >= 4 is 31.4 Å². The molecule has 0 aromatic rings. The minimum Gasteiger partial charge on any atom is -0.481 e. The van der Waals surface area contributed by atoms with Crippen molar-refractivity contribution in [3.63, 3.8) is 0 Å². The molecule has 0 fully saturated rings. The molecule has 12 heteroatoms. The summed E-state index contributed by atoms with van der Waals surface area (Å²) in [7, 11) is -3.45. The third-order valence-electron chi connectivity index (χ3n) is 5.17. The molecule has 0 spiro atoms. The number of carboxylic acid groups (broad SMARTS) is 1. The van der Waals surface area contributed by atoms with Crippen molar-refractivity contribution in [2.45, 2.75) is 71.0 Å². The number of rotatable bonds is 23. The van der Waals surface area contributed by atoms with E-state index >= 15 is 0 Å². The van der Waals surface area contributed by atoms with Gasteiger partial charge in [0.15, 0.2) is 8.32 Å². The molecule has 0 aromatic heterocycles. The van der Waals surface area contributed by atoms with Crippen LogP contribution in [0, 0.1) is 5.92 Å². The van der Waals surface area contributed by atoms with Gasteiger partial charge in [0, 0.05) is 20.8 Å². The van der Waals surface area contributed by atoms with Gasteiger partial charge in [-0.3, -0.25) is 4.79 Å². The van der Waals surface area contributed by atoms with Gasteiger partial charge in [-0.05, 0) is 57.7 Å². The summed E-state index contributed by atoms with van der Waals surface area (Å²) < 4.78 is 40.7. The first-order valence-corrected chi connectivity index (χ1v) is 20.7. The lowest BCUT2D eigenvalue weighted by atomic mass is 10.1. The molecular weight excluding hydrogens is 492 g/mol. The van der Waals surface area contributed by atoms with E-state index in [4.69, 9.17) is 36.7 Å². The molecule has 3 atom stereocenters. The van der Waals surface area contributed by atoms with E-state index in [1.54, 1.807) is 21.1 Å². The molecule has 0 radical (unpaired) electrons. The topological polar surface area (TPSA) is 102 Å². The van der Waals surface area contributed by atoms with Crippen molar-refractivity contribution in [3.8, 4) is 0 Å². The molecule has 0 aliphatic heterocycles. The molecule has 0 saturated carbocycles. The monoisotopic (exact) mass is 542 g/mol. The molecule has 0 aliphatic carbocycles. The van der Waals surface area contributed by atoms with Gasteiger partial charge in [-0.25, -0.2) is 0 Å². The van der Waals surface area contributed by atoms with Gasteiger partial charge in [0.2, 0.25) is 0 Å². The van der Waals surface area contributed by atoms with Crippen LogP contribution < -0.4 is 0 Å². The highest BCUT2D eigenvalue weighted by Crippen LogP contribution is 2.29. The van der Waals surface area contributed by atoms with Crippen LogP contribution in [0.5, 0.6) is 0 Å². The van der Waals surface area contributed by atoms with Crippen LogP contribution in [-0.2, 0) is 36.4 Å². The predicted octanol–water partition coefficient (Wildman–Crippen LogP) is 4.23. The average Bonchev–Trinajstić information content (AvgIpc) is 2.72. The highest BCUT2D eigenvalue weighted by molar-refractivity contribution is 6.86. The maximum absolute atomic E-state index is 11.1. The Balaban J connectivity index is 4.49. The second-order valence-electron chi connectivity index (χ2n) is 9.85. The van der Waals surface area contributed by atoms with E-state index < -0.39 is 31.4 Å². The van der Waals surface area contributed by atoms with Crippen molar-refractivity contribution in [2.75, 3.05) is 60.5 Å². The van der Waals surface area contributed by atoms with Gasteiger partial charge in [0.1, 0.15) is 0 Å². The molecule has 0 amide bonds. The molecule has 3 unspecified atom stereocenters. The Hall–Kier alpha value is -0.159. The Morgan fingerprint density at radius 2 is 1.24 bits per heavy atom. The zero-order valence-corrected chi connectivity index (χ0v) is 25.8. The van der Waals surface area contributed by atoms with Gasteiger partial charge < -0.3 is 36.7 Å². The molecule has 34 heavy (non-hydrogen) atoms. The summed E-state index contributed by atoms with van der Waals surface area (Å²) in [5.41, 5.74) is 0. The van der Waals surface area contributed by atoms with E-state index in [0.29, 0.717) is 52.7 Å². The second kappa shape index (κ2) is 18.1. The van der Waals surface area contributed by atoms with Crippen LogP contribution in [0.3, 0.4) is 0 Å². The first-order valence-electron chi connectivity index (χ1n) is 12.3. The molecule has 0 rings (SSSR count). The van der Waals surface area contributed by atoms with E-state index in [1.165, 1.54) is 0 Å². The minimum absolute atomic E-state index is 0.360. The number of aliphatic carboxylic acids is 1. The van der Waals surface area contributed by atoms with Crippen LogP contribution in [0.15, 0.2) is 0 Å². The number of carboxylic acids is 1. The van der Waals surface area contributed by atoms with Crippen LogP contribution in [0.4, 0.5) is 0 Å². The van der Waals surface area contributed by atoms with E-state index in [0.717, 1.165) is 24.9 Å². The first-order chi connectivity index (χ1) is 15.9. The van der Waals surface area contributed by atoms with E-state index in [2.05, 4.69) is 32.7 Å². The fourth-order valence-corrected chi connectivity index (χ4v) is 16.2. The Labute approximate surface area is 210 Å². The summed E-state index contributed by atoms with van der Waals surface area (Å²) >= 11 is 0. The standard InChI is InChI=1S/C22H50O9Si3/c1-21(22(23)24)11-9-19-33(7,26-3)31-34(8,30-32(4,5)6)20-10-12-27-15-16-29-18-17-28-14-13-25-2/h21H,9-20H2,1-8H3,(H,23,24). The normalized spacial score (nSPS) is 16.7. The van der Waals surface area contributed by atoms with Gasteiger partial charge in [0.25, 0.3) is 0 Å². The predicted molar refractivity (Wildman–Crippen MR) is 140 cm³/mol. The number of hydrogen-bond acceptors (Lipinski definition) is 8. The van der Waals surface area contributed by atoms with Gasteiger partial charge >= 0.3 is 23.1 Å². The number of ether oxygens (including phenoxy) is 4. The largest absolute Gasteiger partial charge is 0.481 e. The second-order valence-corrected chi connectivity index (χ2v) is 21.7. The molecule has 0 aliphatic rings. The lowest BCUT2D eigenvalue weighted by molar-refractivity contribution is -0.141. The Morgan fingerprint density at radius 1 is 0.735 bits per heavy atom. The number of methoxy groups -OCH3 is 1. The number of hydrogen-bond donors (Lipinski definition) is 1. The summed E-state index contributed by atoms with van der Waals surface area (Å²) in [6.45, 7) is 16.4. The Kier molecular flexibility index (Phi) is 18.1. The van der Waals surface area contributed by atoms with Gasteiger partial charge in [0.05, 0.1) is 45.6 Å². The maximum Gasteiger partial charge on any atom is 0.325 e. The van der Waals surface area contributed by atoms with Crippen LogP contribution in [0.25, 0.3) is 0 Å². The highest BCUT2D eigenvalue weighted by Gasteiger charge is 2.44. The molecule has 0 bridgehead atoms. The molecular formula is C22H50O9Si3. The fraction of sp³-hybridized carbons (Fsp3) is 0.955. The zero-order chi connectivity index (χ0) is 26.1. The van der Waals surface area contributed by atoms with Crippen LogP contribution in [0.1, 0.15) is 26.2 Å². The third kappa shape index (κ3) is 18.2. The van der Waals surface area contributed by atoms with Crippen molar-refractivity contribution in [1.82, 2.24) is 0 Å². The molecule has 9 nitrogen and oxygen atoms in total. The average molecular weight is 543 g/mol. The summed E-state index contributed by atoms with van der Waals surface area (Å²) in [4.78, 5) is 11.1. The molecule has 1 N–H and O–H groups in total. The van der Waals surface area contributed by atoms with E-state index in [1.807, 2.05) is 0 Å². The SMILES string of the molecule is COCCOCCOCCOCCC[Si](C)(O[Si](C)(C)C)O[Si](C)(CCCC(C)C(=O)O)OC. The van der Waals surface area contributed by atoms with Crippen molar-refractivity contribution in [2.24, 2.45) is 5.92 Å². The van der Waals surface area contributed by atoms with Crippen molar-refractivity contribution in [3.05, 3.63) is 0 Å². The number of carbonyl (C=O) groups is 1. The molecule has 0 aromatic carbocycles. The fourth-order valence-electron chi connectivity index (χ4n) is 3.45. The molecule has 0 saturated heterocycles. The van der Waals surface area contributed by atoms with Crippen molar-refractivity contribution in [1.29, 1.82) is 0 Å². The lowest BCUT2D eigenvalue weighted by Crippen LogP contribution is -2.55. The first kappa shape index (κ1) is 33.8. The van der Waals surface area contributed by atoms with Gasteiger partial charge in [-0.15, -0.1) is 0 Å². The highest BCUT2D eigenvalue weighted by atomic mass is 28.5. The van der Waals surface area contributed by atoms with Crippen molar-refractivity contribution < 1.29 is 41.5 Å². The lowest BCUT2D eigenvalue weighted by Gasteiger charge is -2.40. The summed E-state index contributed by atoms with van der Waals surface area (Å²) in [6.07, 6.45) is 2.23. The quantitative estimate of drug-likeness (QED) is 0.150. The minimum atomic E-state index is -2.49. The smallest absolute Gasteiger partial charge is 0.325 e. The summed E-state index contributed by atoms with van der Waals surface area (Å²) in [5, 5.41) is 9.13.